The fourth-order valence-electron chi connectivity index (χ4n) is 2.29. The average Bonchev–Trinajstić information content (AvgIpc) is 2.68. The van der Waals surface area contributed by atoms with E-state index in [4.69, 9.17) is 0 Å². The standard InChI is InChI=1S/C12H10BrNO/c13-9-5-1-4-8-11(9)14-10-6-2-3-7(10)12(8)15/h1,4-5H,2-3,6H2,(H,14,15). The van der Waals surface area contributed by atoms with Gasteiger partial charge in [-0.2, -0.15) is 0 Å². The number of aryl methyl sites for hydroxylation is 1. The molecule has 1 aliphatic carbocycles. The zero-order chi connectivity index (χ0) is 10.4. The molecule has 1 N–H and O–H groups in total. The minimum Gasteiger partial charge on any atom is -0.357 e. The number of hydrogen-bond acceptors (Lipinski definition) is 1. The van der Waals surface area contributed by atoms with E-state index in [0.717, 1.165) is 45.9 Å². The van der Waals surface area contributed by atoms with Crippen LogP contribution < -0.4 is 5.43 Å². The van der Waals surface area contributed by atoms with Crippen molar-refractivity contribution in [2.75, 3.05) is 0 Å². The van der Waals surface area contributed by atoms with Crippen LogP contribution in [0.1, 0.15) is 17.7 Å². The van der Waals surface area contributed by atoms with Crippen LogP contribution in [-0.4, -0.2) is 4.98 Å². The lowest BCUT2D eigenvalue weighted by molar-refractivity contribution is 0.900. The van der Waals surface area contributed by atoms with Crippen molar-refractivity contribution in [1.29, 1.82) is 0 Å². The molecular weight excluding hydrogens is 254 g/mol. The summed E-state index contributed by atoms with van der Waals surface area (Å²) < 4.78 is 0.965. The maximum absolute atomic E-state index is 12.1. The maximum Gasteiger partial charge on any atom is 0.192 e. The molecule has 0 saturated carbocycles. The molecule has 0 fully saturated rings. The number of aromatic amines is 1. The molecule has 3 heteroatoms. The fraction of sp³-hybridized carbons (Fsp3) is 0.250. The molecule has 0 aliphatic heterocycles. The van der Waals surface area contributed by atoms with Gasteiger partial charge in [-0.25, -0.2) is 0 Å². The van der Waals surface area contributed by atoms with Crippen molar-refractivity contribution in [2.24, 2.45) is 0 Å². The fourth-order valence-corrected chi connectivity index (χ4v) is 2.75. The number of hydrogen-bond donors (Lipinski definition) is 1. The van der Waals surface area contributed by atoms with Crippen molar-refractivity contribution in [1.82, 2.24) is 4.98 Å². The Hall–Kier alpha value is -1.09. The third kappa shape index (κ3) is 1.26. The van der Waals surface area contributed by atoms with Gasteiger partial charge in [0.25, 0.3) is 0 Å². The summed E-state index contributed by atoms with van der Waals surface area (Å²) in [6, 6.07) is 5.75. The van der Waals surface area contributed by atoms with Crippen LogP contribution in [0.2, 0.25) is 0 Å². The van der Waals surface area contributed by atoms with Crippen LogP contribution in [0.25, 0.3) is 10.9 Å². The van der Waals surface area contributed by atoms with Crippen molar-refractivity contribution < 1.29 is 0 Å². The van der Waals surface area contributed by atoms with Crippen LogP contribution in [0.4, 0.5) is 0 Å². The van der Waals surface area contributed by atoms with E-state index in [0.29, 0.717) is 0 Å². The minimum atomic E-state index is 0.206. The predicted molar refractivity (Wildman–Crippen MR) is 64.3 cm³/mol. The monoisotopic (exact) mass is 263 g/mol. The van der Waals surface area contributed by atoms with Gasteiger partial charge in [0.1, 0.15) is 0 Å². The van der Waals surface area contributed by atoms with E-state index in [9.17, 15) is 4.79 Å². The van der Waals surface area contributed by atoms with E-state index in [1.165, 1.54) is 0 Å². The van der Waals surface area contributed by atoms with Gasteiger partial charge in [-0.1, -0.05) is 6.07 Å². The second-order valence-corrected chi connectivity index (χ2v) is 4.78. The summed E-state index contributed by atoms with van der Waals surface area (Å²) in [6.07, 6.45) is 3.02. The van der Waals surface area contributed by atoms with Crippen molar-refractivity contribution in [2.45, 2.75) is 19.3 Å². The number of halogens is 1. The van der Waals surface area contributed by atoms with Gasteiger partial charge in [0.15, 0.2) is 5.43 Å². The van der Waals surface area contributed by atoms with Crippen LogP contribution in [0.15, 0.2) is 27.5 Å². The van der Waals surface area contributed by atoms with Crippen LogP contribution in [0, 0.1) is 0 Å². The predicted octanol–water partition coefficient (Wildman–Crippen LogP) is 2.78. The van der Waals surface area contributed by atoms with E-state index in [-0.39, 0.29) is 5.43 Å². The number of pyridine rings is 1. The summed E-state index contributed by atoms with van der Waals surface area (Å²) in [7, 11) is 0. The van der Waals surface area contributed by atoms with Crippen LogP contribution in [-0.2, 0) is 12.8 Å². The van der Waals surface area contributed by atoms with Crippen LogP contribution in [0.5, 0.6) is 0 Å². The molecule has 0 saturated heterocycles. The highest BCUT2D eigenvalue weighted by Crippen LogP contribution is 2.24. The second-order valence-electron chi connectivity index (χ2n) is 3.93. The molecule has 1 heterocycles. The molecule has 1 aliphatic rings. The van der Waals surface area contributed by atoms with Gasteiger partial charge < -0.3 is 4.98 Å². The van der Waals surface area contributed by atoms with E-state index < -0.39 is 0 Å². The van der Waals surface area contributed by atoms with E-state index in [1.807, 2.05) is 18.2 Å². The second kappa shape index (κ2) is 3.20. The van der Waals surface area contributed by atoms with Gasteiger partial charge in [-0.05, 0) is 47.3 Å². The lowest BCUT2D eigenvalue weighted by Crippen LogP contribution is -2.10. The smallest absolute Gasteiger partial charge is 0.192 e. The topological polar surface area (TPSA) is 32.9 Å². The Kier molecular flexibility index (Phi) is 1.96. The maximum atomic E-state index is 12.1. The number of rotatable bonds is 0. The highest BCUT2D eigenvalue weighted by atomic mass is 79.9. The lowest BCUT2D eigenvalue weighted by atomic mass is 10.1. The van der Waals surface area contributed by atoms with Gasteiger partial charge in [0, 0.05) is 21.1 Å². The molecule has 0 spiro atoms. The molecule has 76 valence electrons. The van der Waals surface area contributed by atoms with Gasteiger partial charge in [0.05, 0.1) is 5.52 Å². The number of para-hydroxylation sites is 1. The summed E-state index contributed by atoms with van der Waals surface area (Å²) in [5, 5.41) is 0.796. The first kappa shape index (κ1) is 9.16. The van der Waals surface area contributed by atoms with Crippen molar-refractivity contribution >= 4 is 26.8 Å². The van der Waals surface area contributed by atoms with Gasteiger partial charge in [0.2, 0.25) is 0 Å². The molecular formula is C12H10BrNO. The average molecular weight is 264 g/mol. The number of H-pyrrole nitrogens is 1. The molecule has 3 rings (SSSR count). The Bertz CT molecular complexity index is 600. The molecule has 0 unspecified atom stereocenters. The zero-order valence-corrected chi connectivity index (χ0v) is 9.73. The van der Waals surface area contributed by atoms with E-state index in [1.54, 1.807) is 0 Å². The Labute approximate surface area is 95.5 Å². The summed E-state index contributed by atoms with van der Waals surface area (Å²) in [6.45, 7) is 0. The Morgan fingerprint density at radius 3 is 3.00 bits per heavy atom. The SMILES string of the molecule is O=c1c2c([nH]c3c(Br)cccc13)CCC2. The Morgan fingerprint density at radius 2 is 2.13 bits per heavy atom. The molecule has 15 heavy (non-hydrogen) atoms. The normalized spacial score (nSPS) is 14.5. The molecule has 0 bridgehead atoms. The summed E-state index contributed by atoms with van der Waals surface area (Å²) in [5.41, 5.74) is 3.25. The third-order valence-corrected chi connectivity index (χ3v) is 3.69. The largest absolute Gasteiger partial charge is 0.357 e. The summed E-state index contributed by atoms with van der Waals surface area (Å²) in [5.74, 6) is 0. The number of aromatic nitrogens is 1. The summed E-state index contributed by atoms with van der Waals surface area (Å²) in [4.78, 5) is 15.5. The quantitative estimate of drug-likeness (QED) is 0.779. The molecule has 1 aromatic heterocycles. The van der Waals surface area contributed by atoms with E-state index >= 15 is 0 Å². The molecule has 0 atom stereocenters. The first-order valence-corrected chi connectivity index (χ1v) is 5.89. The molecule has 1 aromatic carbocycles. The zero-order valence-electron chi connectivity index (χ0n) is 8.14. The lowest BCUT2D eigenvalue weighted by Gasteiger charge is -2.04. The third-order valence-electron chi connectivity index (χ3n) is 3.03. The Balaban J connectivity index is 2.52. The first-order valence-electron chi connectivity index (χ1n) is 5.09. The van der Waals surface area contributed by atoms with Gasteiger partial charge in [-0.3, -0.25) is 4.79 Å². The van der Waals surface area contributed by atoms with Crippen molar-refractivity contribution in [3.63, 3.8) is 0 Å². The first-order chi connectivity index (χ1) is 7.27. The minimum absolute atomic E-state index is 0.206. The highest BCUT2D eigenvalue weighted by Gasteiger charge is 2.17. The Morgan fingerprint density at radius 1 is 1.27 bits per heavy atom. The summed E-state index contributed by atoms with van der Waals surface area (Å²) >= 11 is 3.47. The molecule has 2 aromatic rings. The molecule has 2 nitrogen and oxygen atoms in total. The number of benzene rings is 1. The van der Waals surface area contributed by atoms with Crippen LogP contribution >= 0.6 is 15.9 Å². The van der Waals surface area contributed by atoms with Crippen LogP contribution in [0.3, 0.4) is 0 Å². The number of fused-ring (bicyclic) bond motifs is 2. The van der Waals surface area contributed by atoms with Crippen molar-refractivity contribution in [3.05, 3.63) is 44.2 Å². The molecule has 0 amide bonds. The van der Waals surface area contributed by atoms with Gasteiger partial charge >= 0.3 is 0 Å². The number of nitrogens with one attached hydrogen (secondary N) is 1. The van der Waals surface area contributed by atoms with Crippen molar-refractivity contribution in [3.8, 4) is 0 Å². The molecule has 0 radical (unpaired) electrons. The van der Waals surface area contributed by atoms with E-state index in [2.05, 4.69) is 20.9 Å². The van der Waals surface area contributed by atoms with Gasteiger partial charge in [-0.15, -0.1) is 0 Å². The highest BCUT2D eigenvalue weighted by molar-refractivity contribution is 9.10.